The number of carbonyl (C=O) groups excluding carboxylic acids is 1. The Morgan fingerprint density at radius 1 is 0.610 bits per heavy atom. The highest BCUT2D eigenvalue weighted by Crippen LogP contribution is 2.38. The van der Waals surface area contributed by atoms with E-state index in [9.17, 15) is 19.4 Å². The molecule has 0 bridgehead atoms. The first-order valence-electron chi connectivity index (χ1n) is 23.8. The molecule has 0 aliphatic rings. The Hall–Kier alpha value is -2.06. The number of quaternary nitrogens is 1. The zero-order valence-electron chi connectivity index (χ0n) is 38.7. The van der Waals surface area contributed by atoms with Gasteiger partial charge >= 0.3 is 0 Å². The van der Waals surface area contributed by atoms with Gasteiger partial charge in [-0.05, 0) is 64.2 Å². The first kappa shape index (κ1) is 56.9. The predicted molar refractivity (Wildman–Crippen MR) is 251 cm³/mol. The molecule has 8 nitrogen and oxygen atoms in total. The molecule has 2 N–H and O–H groups in total. The van der Waals surface area contributed by atoms with Crippen molar-refractivity contribution in [2.24, 2.45) is 0 Å². The van der Waals surface area contributed by atoms with Crippen LogP contribution in [0.25, 0.3) is 0 Å². The lowest BCUT2D eigenvalue weighted by molar-refractivity contribution is -0.870. The Bertz CT molecular complexity index is 1190. The molecule has 0 rings (SSSR count). The molecule has 0 aromatic carbocycles. The third-order valence-electron chi connectivity index (χ3n) is 10.2. The summed E-state index contributed by atoms with van der Waals surface area (Å²) in [6.45, 7) is 4.57. The van der Waals surface area contributed by atoms with E-state index in [0.717, 1.165) is 89.9 Å². The van der Waals surface area contributed by atoms with Gasteiger partial charge in [0.2, 0.25) is 5.91 Å². The number of phosphoric acid groups is 1. The number of hydrogen-bond acceptors (Lipinski definition) is 6. The predicted octanol–water partition coefficient (Wildman–Crippen LogP) is 12.9. The van der Waals surface area contributed by atoms with Crippen LogP contribution in [0.15, 0.2) is 72.9 Å². The number of hydrogen-bond donors (Lipinski definition) is 2. The topological polar surface area (TPSA) is 108 Å². The lowest BCUT2D eigenvalue weighted by Crippen LogP contribution is -2.46. The molecule has 3 unspecified atom stereocenters. The maximum atomic E-state index is 12.9. The van der Waals surface area contributed by atoms with E-state index < -0.39 is 20.0 Å². The third-order valence-corrected chi connectivity index (χ3v) is 11.2. The van der Waals surface area contributed by atoms with Crippen molar-refractivity contribution < 1.29 is 32.9 Å². The van der Waals surface area contributed by atoms with Gasteiger partial charge in [-0.25, -0.2) is 0 Å². The molecule has 1 amide bonds. The van der Waals surface area contributed by atoms with E-state index in [1.165, 1.54) is 70.6 Å². The first-order valence-corrected chi connectivity index (χ1v) is 25.2. The molecular weight excluding hydrogens is 756 g/mol. The van der Waals surface area contributed by atoms with Gasteiger partial charge in [0.25, 0.3) is 7.82 Å². The fraction of sp³-hybridized carbons (Fsp3) is 0.740. The third kappa shape index (κ3) is 43.8. The number of nitrogens with zero attached hydrogens (tertiary/aromatic N) is 1. The number of aliphatic hydroxyl groups is 1. The molecule has 9 heteroatoms. The van der Waals surface area contributed by atoms with Gasteiger partial charge < -0.3 is 28.8 Å². The minimum Gasteiger partial charge on any atom is -0.756 e. The Labute approximate surface area is 364 Å². The van der Waals surface area contributed by atoms with Crippen molar-refractivity contribution in [3.8, 4) is 0 Å². The standard InChI is InChI=1S/C50H91N2O6P/c1-6-8-10-12-14-16-18-20-21-22-23-24-25-26-27-28-29-30-31-32-34-36-38-40-42-44-50(54)51-48(47-58-59(55,56)57-46-45-52(3,4)5)49(53)43-41-39-37-35-33-19-17-15-13-11-9-7-2/h8,10,14,16,20-21,23-24,26-27,29-30,48-49,53H,6-7,9,11-13,15,17-19,22,25,28,31-47H2,1-5H3,(H-,51,54,55,56)/b10-8-,16-14-,21-20-,24-23-,27-26-,30-29-. The van der Waals surface area contributed by atoms with Crippen LogP contribution in [0.2, 0.25) is 0 Å². The molecule has 342 valence electrons. The van der Waals surface area contributed by atoms with Crippen molar-refractivity contribution in [3.05, 3.63) is 72.9 Å². The molecule has 3 atom stereocenters. The minimum absolute atomic E-state index is 0.00518. The molecule has 0 saturated heterocycles. The normalized spacial score (nSPS) is 14.9. The molecule has 0 aliphatic carbocycles. The van der Waals surface area contributed by atoms with Gasteiger partial charge in [0, 0.05) is 6.42 Å². The number of carbonyl (C=O) groups is 1. The lowest BCUT2D eigenvalue weighted by Gasteiger charge is -2.30. The van der Waals surface area contributed by atoms with Crippen LogP contribution in [0.4, 0.5) is 0 Å². The Morgan fingerprint density at radius 2 is 1.03 bits per heavy atom. The summed E-state index contributed by atoms with van der Waals surface area (Å²) < 4.78 is 23.3. The lowest BCUT2D eigenvalue weighted by atomic mass is 10.0. The van der Waals surface area contributed by atoms with Crippen molar-refractivity contribution in [3.63, 3.8) is 0 Å². The second-order valence-electron chi connectivity index (χ2n) is 17.1. The molecule has 0 fully saturated rings. The minimum atomic E-state index is -4.57. The summed E-state index contributed by atoms with van der Waals surface area (Å²) in [5.74, 6) is -0.184. The van der Waals surface area contributed by atoms with Gasteiger partial charge in [-0.2, -0.15) is 0 Å². The number of amides is 1. The van der Waals surface area contributed by atoms with E-state index in [1.807, 2.05) is 21.1 Å². The highest BCUT2D eigenvalue weighted by Gasteiger charge is 2.24. The summed E-state index contributed by atoms with van der Waals surface area (Å²) in [7, 11) is 1.28. The van der Waals surface area contributed by atoms with Crippen LogP contribution in [-0.4, -0.2) is 68.5 Å². The van der Waals surface area contributed by atoms with Crippen molar-refractivity contribution in [1.29, 1.82) is 0 Å². The summed E-state index contributed by atoms with van der Waals surface area (Å²) in [5.41, 5.74) is 0. The van der Waals surface area contributed by atoms with E-state index in [2.05, 4.69) is 92.1 Å². The fourth-order valence-electron chi connectivity index (χ4n) is 6.45. The zero-order valence-corrected chi connectivity index (χ0v) is 39.6. The Balaban J connectivity index is 4.30. The van der Waals surface area contributed by atoms with Crippen LogP contribution < -0.4 is 10.2 Å². The molecule has 0 aliphatic heterocycles. The Morgan fingerprint density at radius 3 is 1.51 bits per heavy atom. The van der Waals surface area contributed by atoms with Crippen molar-refractivity contribution >= 4 is 13.7 Å². The maximum Gasteiger partial charge on any atom is 0.268 e. The average Bonchev–Trinajstić information content (AvgIpc) is 3.19. The van der Waals surface area contributed by atoms with E-state index in [4.69, 9.17) is 9.05 Å². The summed E-state index contributed by atoms with van der Waals surface area (Å²) >= 11 is 0. The van der Waals surface area contributed by atoms with Gasteiger partial charge in [0.1, 0.15) is 13.2 Å². The van der Waals surface area contributed by atoms with Gasteiger partial charge in [-0.3, -0.25) is 9.36 Å². The molecule has 0 aromatic heterocycles. The zero-order chi connectivity index (χ0) is 43.6. The molecule has 0 saturated carbocycles. The van der Waals surface area contributed by atoms with Gasteiger partial charge in [-0.15, -0.1) is 0 Å². The van der Waals surface area contributed by atoms with Crippen LogP contribution in [0.3, 0.4) is 0 Å². The second kappa shape index (κ2) is 41.3. The summed E-state index contributed by atoms with van der Waals surface area (Å²) in [6.07, 6.45) is 54.8. The molecule has 0 aromatic rings. The van der Waals surface area contributed by atoms with Crippen LogP contribution >= 0.6 is 7.82 Å². The Kier molecular flexibility index (Phi) is 39.9. The maximum absolute atomic E-state index is 12.9. The quantitative estimate of drug-likeness (QED) is 0.0274. The molecule has 0 heterocycles. The molecule has 0 spiro atoms. The van der Waals surface area contributed by atoms with E-state index >= 15 is 0 Å². The second-order valence-corrected chi connectivity index (χ2v) is 18.5. The number of nitrogens with one attached hydrogen (secondary N) is 1. The summed E-state index contributed by atoms with van der Waals surface area (Å²) in [6, 6.07) is -0.812. The molecule has 0 radical (unpaired) electrons. The number of rotatable bonds is 42. The highest BCUT2D eigenvalue weighted by atomic mass is 31.2. The fourth-order valence-corrected chi connectivity index (χ4v) is 7.18. The van der Waals surface area contributed by atoms with Crippen LogP contribution in [0.1, 0.15) is 187 Å². The number of unbranched alkanes of at least 4 members (excludes halogenated alkanes) is 17. The van der Waals surface area contributed by atoms with Crippen LogP contribution in [0.5, 0.6) is 0 Å². The molecular formula is C50H91N2O6P. The number of likely N-dealkylation sites (N-methyl/N-ethyl adjacent to an activating group) is 1. The largest absolute Gasteiger partial charge is 0.756 e. The van der Waals surface area contributed by atoms with Crippen LogP contribution in [-0.2, 0) is 18.4 Å². The van der Waals surface area contributed by atoms with Gasteiger partial charge in [-0.1, -0.05) is 189 Å². The SMILES string of the molecule is CC/C=C\C/C=C\C/C=C\C/C=C\C/C=C\C/C=C\CCCCCCCCC(=O)NC(COP(=O)([O-])OCC[N+](C)(C)C)C(O)CCCCCCCCCCCCCC. The van der Waals surface area contributed by atoms with E-state index in [1.54, 1.807) is 0 Å². The molecule has 59 heavy (non-hydrogen) atoms. The van der Waals surface area contributed by atoms with Gasteiger partial charge in [0.15, 0.2) is 0 Å². The van der Waals surface area contributed by atoms with E-state index in [0.29, 0.717) is 23.9 Å². The number of allylic oxidation sites excluding steroid dienone is 12. The number of phosphoric ester groups is 1. The van der Waals surface area contributed by atoms with Crippen molar-refractivity contribution in [2.45, 2.75) is 199 Å². The summed E-state index contributed by atoms with van der Waals surface area (Å²) in [4.78, 5) is 25.4. The highest BCUT2D eigenvalue weighted by molar-refractivity contribution is 7.45. The average molecular weight is 847 g/mol. The monoisotopic (exact) mass is 847 g/mol. The van der Waals surface area contributed by atoms with E-state index in [-0.39, 0.29) is 19.1 Å². The van der Waals surface area contributed by atoms with Crippen molar-refractivity contribution in [1.82, 2.24) is 5.32 Å². The van der Waals surface area contributed by atoms with Crippen LogP contribution in [0, 0.1) is 0 Å². The summed E-state index contributed by atoms with van der Waals surface area (Å²) in [5, 5.41) is 13.9. The van der Waals surface area contributed by atoms with Crippen molar-refractivity contribution in [2.75, 3.05) is 40.9 Å². The smallest absolute Gasteiger partial charge is 0.268 e. The number of aliphatic hydroxyl groups excluding tert-OH is 1. The van der Waals surface area contributed by atoms with Gasteiger partial charge in [0.05, 0.1) is 39.9 Å². The first-order chi connectivity index (χ1) is 28.5.